The van der Waals surface area contributed by atoms with Gasteiger partial charge in [0.15, 0.2) is 10.4 Å². The van der Waals surface area contributed by atoms with Gasteiger partial charge in [0.05, 0.1) is 6.07 Å². The van der Waals surface area contributed by atoms with Crippen molar-refractivity contribution in [3.63, 3.8) is 0 Å². The largest absolute Gasteiger partial charge is 0.446 e. The number of hydrogen-bond donors (Lipinski definition) is 0. The summed E-state index contributed by atoms with van der Waals surface area (Å²) in [4.78, 5) is 11.5. The van der Waals surface area contributed by atoms with Gasteiger partial charge in [-0.1, -0.05) is 6.92 Å². The van der Waals surface area contributed by atoms with E-state index < -0.39 is 5.92 Å². The van der Waals surface area contributed by atoms with Gasteiger partial charge in [0, 0.05) is 0 Å². The fourth-order valence-corrected chi connectivity index (χ4v) is 1.26. The van der Waals surface area contributed by atoms with Crippen molar-refractivity contribution in [1.29, 1.82) is 5.26 Å². The number of nitriles is 1. The number of furan rings is 1. The van der Waals surface area contributed by atoms with Crippen LogP contribution >= 0.6 is 15.9 Å². The summed E-state index contributed by atoms with van der Waals surface area (Å²) < 4.78 is 5.55. The van der Waals surface area contributed by atoms with Gasteiger partial charge in [-0.05, 0) is 34.5 Å². The van der Waals surface area contributed by atoms with E-state index in [1.54, 1.807) is 19.1 Å². The molecule has 0 spiro atoms. The lowest BCUT2D eigenvalue weighted by molar-refractivity contribution is 0.0917. The molecule has 0 fully saturated rings. The van der Waals surface area contributed by atoms with Crippen molar-refractivity contribution in [2.75, 3.05) is 0 Å². The summed E-state index contributed by atoms with van der Waals surface area (Å²) in [5.74, 6) is -0.617. The van der Waals surface area contributed by atoms with Crippen LogP contribution in [0.5, 0.6) is 0 Å². The van der Waals surface area contributed by atoms with Gasteiger partial charge in [0.25, 0.3) is 0 Å². The van der Waals surface area contributed by atoms with Crippen molar-refractivity contribution >= 4 is 21.7 Å². The minimum atomic E-state index is -0.599. The third-order valence-corrected chi connectivity index (χ3v) is 2.12. The van der Waals surface area contributed by atoms with Crippen molar-refractivity contribution in [2.45, 2.75) is 13.3 Å². The molecule has 0 aliphatic carbocycles. The molecule has 0 N–H and O–H groups in total. The zero-order valence-corrected chi connectivity index (χ0v) is 8.67. The molecule has 0 bridgehead atoms. The summed E-state index contributed by atoms with van der Waals surface area (Å²) in [7, 11) is 0. The smallest absolute Gasteiger partial charge is 0.215 e. The Bertz CT molecular complexity index is 351. The maximum atomic E-state index is 11.5. The topological polar surface area (TPSA) is 54.0 Å². The van der Waals surface area contributed by atoms with E-state index in [2.05, 4.69) is 15.9 Å². The molecule has 1 atom stereocenters. The molecular formula is C9H8BrNO2. The van der Waals surface area contributed by atoms with Gasteiger partial charge in [0.1, 0.15) is 5.92 Å². The highest BCUT2D eigenvalue weighted by Gasteiger charge is 2.20. The number of rotatable bonds is 3. The normalized spacial score (nSPS) is 12.1. The number of Topliss-reactive ketones (excluding diaryl/α,β-unsaturated/α-hetero) is 1. The van der Waals surface area contributed by atoms with Crippen molar-refractivity contribution in [1.82, 2.24) is 0 Å². The van der Waals surface area contributed by atoms with Crippen LogP contribution in [0.3, 0.4) is 0 Å². The summed E-state index contributed by atoms with van der Waals surface area (Å²) in [5, 5.41) is 8.64. The number of halogens is 1. The van der Waals surface area contributed by atoms with Gasteiger partial charge < -0.3 is 4.42 Å². The molecule has 0 aliphatic rings. The molecular weight excluding hydrogens is 234 g/mol. The van der Waals surface area contributed by atoms with Gasteiger partial charge in [0.2, 0.25) is 5.78 Å². The Morgan fingerprint density at radius 1 is 1.77 bits per heavy atom. The molecule has 3 nitrogen and oxygen atoms in total. The molecule has 1 heterocycles. The molecule has 0 amide bonds. The maximum absolute atomic E-state index is 11.5. The number of ketones is 1. The molecule has 0 radical (unpaired) electrons. The van der Waals surface area contributed by atoms with E-state index in [4.69, 9.17) is 9.68 Å². The van der Waals surface area contributed by atoms with E-state index in [-0.39, 0.29) is 11.5 Å². The summed E-state index contributed by atoms with van der Waals surface area (Å²) in [5.41, 5.74) is 0. The van der Waals surface area contributed by atoms with Crippen molar-refractivity contribution in [2.24, 2.45) is 5.92 Å². The van der Waals surface area contributed by atoms with E-state index in [9.17, 15) is 4.79 Å². The van der Waals surface area contributed by atoms with Crippen LogP contribution in [0.2, 0.25) is 0 Å². The fourth-order valence-electron chi connectivity index (χ4n) is 0.954. The molecule has 68 valence electrons. The number of hydrogen-bond acceptors (Lipinski definition) is 3. The van der Waals surface area contributed by atoms with Crippen LogP contribution < -0.4 is 0 Å². The zero-order valence-electron chi connectivity index (χ0n) is 7.08. The molecule has 1 unspecified atom stereocenters. The first-order valence-electron chi connectivity index (χ1n) is 3.88. The maximum Gasteiger partial charge on any atom is 0.215 e. The Morgan fingerprint density at radius 2 is 2.46 bits per heavy atom. The Labute approximate surface area is 84.5 Å². The second-order valence-electron chi connectivity index (χ2n) is 2.56. The summed E-state index contributed by atoms with van der Waals surface area (Å²) in [6, 6.07) is 5.13. The predicted molar refractivity (Wildman–Crippen MR) is 50.1 cm³/mol. The second-order valence-corrected chi connectivity index (χ2v) is 3.34. The van der Waals surface area contributed by atoms with Crippen LogP contribution in [-0.4, -0.2) is 5.78 Å². The van der Waals surface area contributed by atoms with Crippen LogP contribution in [0.25, 0.3) is 0 Å². The molecule has 1 rings (SSSR count). The van der Waals surface area contributed by atoms with Crippen molar-refractivity contribution in [3.05, 3.63) is 22.6 Å². The molecule has 0 saturated heterocycles. The molecule has 0 saturated carbocycles. The van der Waals surface area contributed by atoms with Crippen molar-refractivity contribution in [3.8, 4) is 6.07 Å². The molecule has 4 heteroatoms. The zero-order chi connectivity index (χ0) is 9.84. The molecule has 13 heavy (non-hydrogen) atoms. The highest BCUT2D eigenvalue weighted by Crippen LogP contribution is 2.18. The third-order valence-electron chi connectivity index (χ3n) is 1.70. The molecule has 1 aromatic heterocycles. The van der Waals surface area contributed by atoms with E-state index >= 15 is 0 Å². The first-order valence-corrected chi connectivity index (χ1v) is 4.67. The highest BCUT2D eigenvalue weighted by molar-refractivity contribution is 9.10. The Hall–Kier alpha value is -1.08. The van der Waals surface area contributed by atoms with Crippen molar-refractivity contribution < 1.29 is 9.21 Å². The standard InChI is InChI=1S/C9H8BrNO2/c1-2-6(5-11)9(12)7-3-4-8(10)13-7/h3-4,6H,2H2,1H3. The second kappa shape index (κ2) is 4.24. The first-order chi connectivity index (χ1) is 6.19. The quantitative estimate of drug-likeness (QED) is 0.765. The van der Waals surface area contributed by atoms with Crippen LogP contribution in [0.4, 0.5) is 0 Å². The molecule has 0 aliphatic heterocycles. The molecule has 0 aromatic carbocycles. The summed E-state index contributed by atoms with van der Waals surface area (Å²) >= 11 is 3.09. The summed E-state index contributed by atoms with van der Waals surface area (Å²) in [6.45, 7) is 1.80. The number of carbonyl (C=O) groups excluding carboxylic acids is 1. The van der Waals surface area contributed by atoms with Gasteiger partial charge in [-0.2, -0.15) is 5.26 Å². The lowest BCUT2D eigenvalue weighted by Crippen LogP contribution is -2.10. The minimum Gasteiger partial charge on any atom is -0.446 e. The lowest BCUT2D eigenvalue weighted by atomic mass is 10.0. The van der Waals surface area contributed by atoms with Gasteiger partial charge in [-0.25, -0.2) is 0 Å². The average molecular weight is 242 g/mol. The van der Waals surface area contributed by atoms with E-state index in [1.165, 1.54) is 0 Å². The number of carbonyl (C=O) groups is 1. The van der Waals surface area contributed by atoms with Gasteiger partial charge in [-0.15, -0.1) is 0 Å². The summed E-state index contributed by atoms with van der Waals surface area (Å²) in [6.07, 6.45) is 0.508. The van der Waals surface area contributed by atoms with E-state index in [0.717, 1.165) is 0 Å². The van der Waals surface area contributed by atoms with Crippen LogP contribution in [0.15, 0.2) is 21.2 Å². The van der Waals surface area contributed by atoms with Crippen LogP contribution in [0.1, 0.15) is 23.9 Å². The predicted octanol–water partition coefficient (Wildman–Crippen LogP) is 2.77. The van der Waals surface area contributed by atoms with Crippen LogP contribution in [0, 0.1) is 17.2 Å². The highest BCUT2D eigenvalue weighted by atomic mass is 79.9. The Kier molecular flexibility index (Phi) is 3.26. The third kappa shape index (κ3) is 2.19. The first kappa shape index (κ1) is 10.0. The Balaban J connectivity index is 2.85. The van der Waals surface area contributed by atoms with E-state index in [0.29, 0.717) is 11.1 Å². The SMILES string of the molecule is CCC(C#N)C(=O)c1ccc(Br)o1. The fraction of sp³-hybridized carbons (Fsp3) is 0.333. The van der Waals surface area contributed by atoms with E-state index in [1.807, 2.05) is 6.07 Å². The van der Waals surface area contributed by atoms with Gasteiger partial charge in [-0.3, -0.25) is 4.79 Å². The molecule has 1 aromatic rings. The van der Waals surface area contributed by atoms with Gasteiger partial charge >= 0.3 is 0 Å². The monoisotopic (exact) mass is 241 g/mol. The average Bonchev–Trinajstić information content (AvgIpc) is 2.54. The number of nitrogens with zero attached hydrogens (tertiary/aromatic N) is 1. The van der Waals surface area contributed by atoms with Crippen LogP contribution in [-0.2, 0) is 0 Å². The minimum absolute atomic E-state index is 0.236. The lowest BCUT2D eigenvalue weighted by Gasteiger charge is -2.00. The Morgan fingerprint density at radius 3 is 2.85 bits per heavy atom.